The van der Waals surface area contributed by atoms with Gasteiger partial charge in [0.15, 0.2) is 11.6 Å². The molecule has 5 heteroatoms. The summed E-state index contributed by atoms with van der Waals surface area (Å²) < 4.78 is 0. The first-order chi connectivity index (χ1) is 8.68. The van der Waals surface area contributed by atoms with E-state index in [0.717, 1.165) is 0 Å². The molecule has 0 saturated heterocycles. The van der Waals surface area contributed by atoms with Crippen molar-refractivity contribution in [3.8, 4) is 0 Å². The van der Waals surface area contributed by atoms with Crippen LogP contribution in [0.15, 0.2) is 0 Å². The average Bonchev–Trinajstić information content (AvgIpc) is 2.36. The van der Waals surface area contributed by atoms with Crippen molar-refractivity contribution in [1.82, 2.24) is 0 Å². The number of carbonyl (C=O) groups is 4. The summed E-state index contributed by atoms with van der Waals surface area (Å²) in [6.45, 7) is 8.83. The molecule has 0 fully saturated rings. The van der Waals surface area contributed by atoms with Crippen LogP contribution < -0.4 is 5.73 Å². The van der Waals surface area contributed by atoms with E-state index in [1.165, 1.54) is 0 Å². The minimum absolute atomic E-state index is 0.141. The van der Waals surface area contributed by atoms with Crippen LogP contribution >= 0.6 is 0 Å². The van der Waals surface area contributed by atoms with E-state index >= 15 is 0 Å². The fraction of sp³-hybridized carbons (Fsp3) is 0.714. The molecule has 0 aliphatic carbocycles. The van der Waals surface area contributed by atoms with Crippen LogP contribution in [-0.4, -0.2) is 29.7 Å². The zero-order valence-corrected chi connectivity index (χ0v) is 12.5. The van der Waals surface area contributed by atoms with Gasteiger partial charge in [-0.1, -0.05) is 34.6 Å². The van der Waals surface area contributed by atoms with E-state index in [4.69, 9.17) is 5.73 Å². The zero-order chi connectivity index (χ0) is 15.6. The van der Waals surface area contributed by atoms with E-state index in [2.05, 4.69) is 0 Å². The highest BCUT2D eigenvalue weighted by Gasteiger charge is 2.15. The molecule has 0 unspecified atom stereocenters. The summed E-state index contributed by atoms with van der Waals surface area (Å²) in [7, 11) is 0. The van der Waals surface area contributed by atoms with Crippen molar-refractivity contribution in [3.05, 3.63) is 0 Å². The number of carbonyl (C=O) groups excluding carboxylic acids is 4. The van der Waals surface area contributed by atoms with Crippen molar-refractivity contribution in [2.45, 2.75) is 47.5 Å². The molecule has 0 bridgehead atoms. The highest BCUT2D eigenvalue weighted by molar-refractivity contribution is 6.38. The van der Waals surface area contributed by atoms with E-state index in [-0.39, 0.29) is 47.9 Å². The summed E-state index contributed by atoms with van der Waals surface area (Å²) in [5, 5.41) is 0. The molecule has 0 rings (SSSR count). The maximum atomic E-state index is 10.8. The molecule has 0 aliphatic heterocycles. The monoisotopic (exact) mass is 271 g/mol. The highest BCUT2D eigenvalue weighted by atomic mass is 16.2. The first-order valence-corrected chi connectivity index (χ1v) is 6.53. The second kappa shape index (κ2) is 10.6. The maximum absolute atomic E-state index is 10.8. The van der Waals surface area contributed by atoms with Crippen LogP contribution in [0.5, 0.6) is 0 Å². The number of nitrogens with two attached hydrogens (primary N) is 1. The predicted octanol–water partition coefficient (Wildman–Crippen LogP) is 1.32. The summed E-state index contributed by atoms with van der Waals surface area (Å²) in [4.78, 5) is 42.9. The minimum atomic E-state index is -0.350. The molecule has 110 valence electrons. The molecule has 0 amide bonds. The van der Waals surface area contributed by atoms with E-state index in [1.807, 2.05) is 0 Å². The molecular weight excluding hydrogens is 246 g/mol. The molecule has 0 aromatic carbocycles. The molecule has 0 heterocycles. The molecule has 0 spiro atoms. The third kappa shape index (κ3) is 9.25. The van der Waals surface area contributed by atoms with Gasteiger partial charge in [-0.3, -0.25) is 19.2 Å². The molecule has 0 aromatic rings. The van der Waals surface area contributed by atoms with Gasteiger partial charge < -0.3 is 5.73 Å². The summed E-state index contributed by atoms with van der Waals surface area (Å²) >= 11 is 0. The Kier molecular flexibility index (Phi) is 11.1. The molecule has 0 aromatic heterocycles. The number of Topliss-reactive ketones (excluding diaryl/α,β-unsaturated/α-hetero) is 4. The van der Waals surface area contributed by atoms with Crippen molar-refractivity contribution in [2.24, 2.45) is 17.6 Å². The quantitative estimate of drug-likeness (QED) is 0.705. The van der Waals surface area contributed by atoms with Crippen molar-refractivity contribution in [3.63, 3.8) is 0 Å². The normalized spacial score (nSPS) is 9.89. The lowest BCUT2D eigenvalue weighted by atomic mass is 10.0. The Morgan fingerprint density at radius 2 is 1.21 bits per heavy atom. The van der Waals surface area contributed by atoms with E-state index in [1.54, 1.807) is 34.6 Å². The van der Waals surface area contributed by atoms with Crippen LogP contribution in [0, 0.1) is 11.8 Å². The van der Waals surface area contributed by atoms with Crippen LogP contribution in [0.1, 0.15) is 47.5 Å². The van der Waals surface area contributed by atoms with Crippen LogP contribution in [0.4, 0.5) is 0 Å². The Balaban J connectivity index is 0. The number of rotatable bonds is 7. The van der Waals surface area contributed by atoms with Crippen molar-refractivity contribution >= 4 is 23.1 Å². The third-order valence-corrected chi connectivity index (χ3v) is 2.29. The predicted molar refractivity (Wildman–Crippen MR) is 73.7 cm³/mol. The van der Waals surface area contributed by atoms with Crippen LogP contribution in [-0.2, 0) is 19.2 Å². The molecule has 0 atom stereocenters. The molecule has 19 heavy (non-hydrogen) atoms. The lowest BCUT2D eigenvalue weighted by Gasteiger charge is -1.99. The lowest BCUT2D eigenvalue weighted by Crippen LogP contribution is -2.22. The maximum Gasteiger partial charge on any atom is 0.200 e. The number of ketones is 4. The first kappa shape index (κ1) is 20.0. The van der Waals surface area contributed by atoms with Gasteiger partial charge in [-0.2, -0.15) is 0 Å². The van der Waals surface area contributed by atoms with Gasteiger partial charge in [0.2, 0.25) is 11.6 Å². The SMILES string of the molecule is CC(C)C(=O)C(=O)CCN.CCC(=O)C(=O)C(C)C. The second-order valence-corrected chi connectivity index (χ2v) is 4.78. The molecule has 0 saturated carbocycles. The Labute approximate surface area is 114 Å². The summed E-state index contributed by atoms with van der Waals surface area (Å²) in [5.74, 6) is -1.51. The third-order valence-electron chi connectivity index (χ3n) is 2.29. The summed E-state index contributed by atoms with van der Waals surface area (Å²) in [6.07, 6.45) is 0.508. The van der Waals surface area contributed by atoms with Gasteiger partial charge in [-0.15, -0.1) is 0 Å². The van der Waals surface area contributed by atoms with Crippen LogP contribution in [0.25, 0.3) is 0 Å². The van der Waals surface area contributed by atoms with Crippen molar-refractivity contribution in [2.75, 3.05) is 6.54 Å². The van der Waals surface area contributed by atoms with Gasteiger partial charge in [-0.05, 0) is 6.54 Å². The van der Waals surface area contributed by atoms with Gasteiger partial charge in [0.05, 0.1) is 0 Å². The fourth-order valence-electron chi connectivity index (χ4n) is 1.07. The van der Waals surface area contributed by atoms with Gasteiger partial charge in [0, 0.05) is 24.7 Å². The smallest absolute Gasteiger partial charge is 0.200 e. The van der Waals surface area contributed by atoms with Crippen molar-refractivity contribution < 1.29 is 19.2 Å². The fourth-order valence-corrected chi connectivity index (χ4v) is 1.07. The standard InChI is InChI=1S/C7H13NO2.C7H12O2/c1-5(2)7(10)6(9)3-4-8;1-4-6(8)7(9)5(2)3/h5H,3-4,8H2,1-2H3;5H,4H2,1-3H3. The van der Waals surface area contributed by atoms with Gasteiger partial charge in [0.25, 0.3) is 0 Å². The molecule has 0 radical (unpaired) electrons. The van der Waals surface area contributed by atoms with Gasteiger partial charge in [0.1, 0.15) is 0 Å². The largest absolute Gasteiger partial charge is 0.330 e. The highest BCUT2D eigenvalue weighted by Crippen LogP contribution is 1.97. The van der Waals surface area contributed by atoms with Crippen LogP contribution in [0.3, 0.4) is 0 Å². The van der Waals surface area contributed by atoms with E-state index < -0.39 is 0 Å². The molecule has 5 nitrogen and oxygen atoms in total. The molecular formula is C14H25NO4. The Morgan fingerprint density at radius 3 is 1.42 bits per heavy atom. The number of hydrogen-bond acceptors (Lipinski definition) is 5. The summed E-state index contributed by atoms with van der Waals surface area (Å²) in [5.41, 5.74) is 5.09. The molecule has 2 N–H and O–H groups in total. The van der Waals surface area contributed by atoms with E-state index in [0.29, 0.717) is 6.42 Å². The molecule has 0 aliphatic rings. The van der Waals surface area contributed by atoms with Crippen molar-refractivity contribution in [1.29, 1.82) is 0 Å². The minimum Gasteiger partial charge on any atom is -0.330 e. The Morgan fingerprint density at radius 1 is 0.842 bits per heavy atom. The second-order valence-electron chi connectivity index (χ2n) is 4.78. The number of hydrogen-bond donors (Lipinski definition) is 1. The first-order valence-electron chi connectivity index (χ1n) is 6.53. The van der Waals surface area contributed by atoms with Gasteiger partial charge >= 0.3 is 0 Å². The Hall–Kier alpha value is -1.36. The average molecular weight is 271 g/mol. The summed E-state index contributed by atoms with van der Waals surface area (Å²) in [6, 6.07) is 0. The zero-order valence-electron chi connectivity index (χ0n) is 12.5. The van der Waals surface area contributed by atoms with Crippen LogP contribution in [0.2, 0.25) is 0 Å². The van der Waals surface area contributed by atoms with E-state index in [9.17, 15) is 19.2 Å². The topological polar surface area (TPSA) is 94.3 Å². The Bertz CT molecular complexity index is 332. The lowest BCUT2D eigenvalue weighted by molar-refractivity contribution is -0.138. The van der Waals surface area contributed by atoms with Gasteiger partial charge in [-0.25, -0.2) is 0 Å².